The molecule has 1 saturated heterocycles. The summed E-state index contributed by atoms with van der Waals surface area (Å²) in [5.74, 6) is -0.471. The number of hydrogen-bond acceptors (Lipinski definition) is 4. The summed E-state index contributed by atoms with van der Waals surface area (Å²) in [5.41, 5.74) is 1.52. The van der Waals surface area contributed by atoms with E-state index in [2.05, 4.69) is 10.4 Å². The van der Waals surface area contributed by atoms with Crippen molar-refractivity contribution in [3.05, 3.63) is 47.5 Å². The summed E-state index contributed by atoms with van der Waals surface area (Å²) in [7, 11) is 3.25. The fraction of sp³-hybridized carbons (Fsp3) is 0.412. The third-order valence-electron chi connectivity index (χ3n) is 4.17. The Kier molecular flexibility index (Phi) is 4.80. The van der Waals surface area contributed by atoms with Gasteiger partial charge in [0.05, 0.1) is 25.3 Å². The summed E-state index contributed by atoms with van der Waals surface area (Å²) in [6.07, 6.45) is 2.33. The highest BCUT2D eigenvalue weighted by molar-refractivity contribution is 5.79. The van der Waals surface area contributed by atoms with Gasteiger partial charge in [-0.05, 0) is 30.2 Å². The van der Waals surface area contributed by atoms with E-state index in [9.17, 15) is 9.18 Å². The van der Waals surface area contributed by atoms with E-state index in [4.69, 9.17) is 9.47 Å². The van der Waals surface area contributed by atoms with E-state index >= 15 is 0 Å². The van der Waals surface area contributed by atoms with Crippen LogP contribution in [0.15, 0.2) is 30.5 Å². The smallest absolute Gasteiger partial charge is 0.224 e. The monoisotopic (exact) mass is 333 g/mol. The molecule has 2 aromatic rings. The quantitative estimate of drug-likeness (QED) is 0.905. The van der Waals surface area contributed by atoms with Crippen LogP contribution >= 0.6 is 0 Å². The second kappa shape index (κ2) is 7.00. The number of carbonyl (C=O) groups excluding carboxylic acids is 1. The van der Waals surface area contributed by atoms with Gasteiger partial charge in [0.2, 0.25) is 5.91 Å². The number of aryl methyl sites for hydroxylation is 1. The van der Waals surface area contributed by atoms with Gasteiger partial charge in [0.1, 0.15) is 6.10 Å². The summed E-state index contributed by atoms with van der Waals surface area (Å²) in [6.45, 7) is 0.581. The zero-order valence-electron chi connectivity index (χ0n) is 13.7. The molecule has 2 heterocycles. The molecular weight excluding hydrogens is 313 g/mol. The minimum Gasteiger partial charge on any atom is -0.494 e. The maximum absolute atomic E-state index is 13.7. The van der Waals surface area contributed by atoms with E-state index in [-0.39, 0.29) is 30.2 Å². The number of halogens is 1. The van der Waals surface area contributed by atoms with E-state index in [1.54, 1.807) is 16.9 Å². The largest absolute Gasteiger partial charge is 0.494 e. The van der Waals surface area contributed by atoms with Crippen molar-refractivity contribution in [3.8, 4) is 5.75 Å². The zero-order chi connectivity index (χ0) is 17.1. The lowest BCUT2D eigenvalue weighted by Crippen LogP contribution is -2.38. The SMILES string of the molecule is COc1ccc(CC(=O)N[C@H]2CCO[C@@H]2c2ccnn2C)cc1F. The van der Waals surface area contributed by atoms with E-state index in [0.29, 0.717) is 12.2 Å². The molecule has 0 unspecified atom stereocenters. The Morgan fingerprint density at radius 3 is 3.00 bits per heavy atom. The molecule has 0 spiro atoms. The van der Waals surface area contributed by atoms with E-state index in [1.807, 2.05) is 13.1 Å². The van der Waals surface area contributed by atoms with Crippen LogP contribution in [-0.2, 0) is 23.0 Å². The first-order valence-electron chi connectivity index (χ1n) is 7.79. The molecule has 1 aromatic carbocycles. The lowest BCUT2D eigenvalue weighted by Gasteiger charge is -2.20. The Morgan fingerprint density at radius 2 is 2.33 bits per heavy atom. The van der Waals surface area contributed by atoms with E-state index < -0.39 is 5.82 Å². The number of hydrogen-bond donors (Lipinski definition) is 1. The van der Waals surface area contributed by atoms with Crippen molar-refractivity contribution in [3.63, 3.8) is 0 Å². The second-order valence-corrected chi connectivity index (χ2v) is 5.78. The highest BCUT2D eigenvalue weighted by Gasteiger charge is 2.32. The van der Waals surface area contributed by atoms with Gasteiger partial charge < -0.3 is 14.8 Å². The van der Waals surface area contributed by atoms with Crippen molar-refractivity contribution >= 4 is 5.91 Å². The average molecular weight is 333 g/mol. The second-order valence-electron chi connectivity index (χ2n) is 5.78. The molecule has 128 valence electrons. The number of rotatable bonds is 5. The maximum atomic E-state index is 13.7. The Morgan fingerprint density at radius 1 is 1.50 bits per heavy atom. The molecule has 1 N–H and O–H groups in total. The molecule has 0 saturated carbocycles. The number of carbonyl (C=O) groups is 1. The molecule has 0 radical (unpaired) electrons. The van der Waals surface area contributed by atoms with Crippen LogP contribution in [0.5, 0.6) is 5.75 Å². The van der Waals surface area contributed by atoms with Gasteiger partial charge >= 0.3 is 0 Å². The van der Waals surface area contributed by atoms with Crippen LogP contribution in [0.25, 0.3) is 0 Å². The Hall–Kier alpha value is -2.41. The maximum Gasteiger partial charge on any atom is 0.224 e. The Bertz CT molecular complexity index is 732. The van der Waals surface area contributed by atoms with Crippen LogP contribution < -0.4 is 10.1 Å². The fourth-order valence-electron chi connectivity index (χ4n) is 2.96. The summed E-state index contributed by atoms with van der Waals surface area (Å²) >= 11 is 0. The van der Waals surface area contributed by atoms with Gasteiger partial charge in [-0.15, -0.1) is 0 Å². The Labute approximate surface area is 139 Å². The summed E-state index contributed by atoms with van der Waals surface area (Å²) in [5, 5.41) is 7.12. The predicted octanol–water partition coefficient (Wildman–Crippen LogP) is 1.76. The number of nitrogens with zero attached hydrogens (tertiary/aromatic N) is 2. The molecule has 3 rings (SSSR count). The highest BCUT2D eigenvalue weighted by atomic mass is 19.1. The number of ether oxygens (including phenoxy) is 2. The Balaban J connectivity index is 1.64. The molecule has 0 aliphatic carbocycles. The van der Waals surface area contributed by atoms with Crippen molar-refractivity contribution in [2.24, 2.45) is 7.05 Å². The van der Waals surface area contributed by atoms with Gasteiger partial charge in [0.15, 0.2) is 11.6 Å². The van der Waals surface area contributed by atoms with Crippen LogP contribution in [0.1, 0.15) is 23.8 Å². The first-order chi connectivity index (χ1) is 11.6. The van der Waals surface area contributed by atoms with Gasteiger partial charge in [-0.1, -0.05) is 6.07 Å². The van der Waals surface area contributed by atoms with Crippen LogP contribution in [0.2, 0.25) is 0 Å². The van der Waals surface area contributed by atoms with Crippen molar-refractivity contribution in [1.29, 1.82) is 0 Å². The minimum absolute atomic E-state index is 0.107. The summed E-state index contributed by atoms with van der Waals surface area (Å²) in [6, 6.07) is 6.30. The third kappa shape index (κ3) is 3.41. The van der Waals surface area contributed by atoms with E-state index in [1.165, 1.54) is 19.2 Å². The molecule has 1 aliphatic heterocycles. The molecule has 6 nitrogen and oxygen atoms in total. The average Bonchev–Trinajstić information content (AvgIpc) is 3.16. The van der Waals surface area contributed by atoms with Crippen molar-refractivity contribution < 1.29 is 18.7 Å². The van der Waals surface area contributed by atoms with Gasteiger partial charge in [-0.25, -0.2) is 4.39 Å². The standard InChI is InChI=1S/C17H20FN3O3/c1-21-14(5-7-19-21)17-13(6-8-24-17)20-16(22)10-11-3-4-15(23-2)12(18)9-11/h3-5,7,9,13,17H,6,8,10H2,1-2H3,(H,20,22)/t13-,17-/m0/s1. The molecule has 1 aromatic heterocycles. The third-order valence-corrected chi connectivity index (χ3v) is 4.17. The molecule has 1 amide bonds. The fourth-order valence-corrected chi connectivity index (χ4v) is 2.96. The van der Waals surface area contributed by atoms with Crippen LogP contribution in [0, 0.1) is 5.82 Å². The molecule has 24 heavy (non-hydrogen) atoms. The number of amides is 1. The molecule has 1 fully saturated rings. The van der Waals surface area contributed by atoms with Gasteiger partial charge in [-0.2, -0.15) is 5.10 Å². The molecule has 7 heteroatoms. The lowest BCUT2D eigenvalue weighted by molar-refractivity contribution is -0.121. The summed E-state index contributed by atoms with van der Waals surface area (Å²) in [4.78, 5) is 12.3. The number of aromatic nitrogens is 2. The van der Waals surface area contributed by atoms with Crippen molar-refractivity contribution in [1.82, 2.24) is 15.1 Å². The van der Waals surface area contributed by atoms with Gasteiger partial charge in [0.25, 0.3) is 0 Å². The highest BCUT2D eigenvalue weighted by Crippen LogP contribution is 2.28. The molecular formula is C17H20FN3O3. The number of methoxy groups -OCH3 is 1. The molecule has 1 aliphatic rings. The zero-order valence-corrected chi connectivity index (χ0v) is 13.7. The van der Waals surface area contributed by atoms with Crippen molar-refractivity contribution in [2.75, 3.05) is 13.7 Å². The normalized spacial score (nSPS) is 20.1. The topological polar surface area (TPSA) is 65.4 Å². The van der Waals surface area contributed by atoms with E-state index in [0.717, 1.165) is 12.1 Å². The number of nitrogens with one attached hydrogen (secondary N) is 1. The van der Waals surface area contributed by atoms with Gasteiger partial charge in [0, 0.05) is 19.9 Å². The van der Waals surface area contributed by atoms with Crippen molar-refractivity contribution in [2.45, 2.75) is 25.0 Å². The van der Waals surface area contributed by atoms with Crippen LogP contribution in [0.3, 0.4) is 0 Å². The van der Waals surface area contributed by atoms with Crippen LogP contribution in [0.4, 0.5) is 4.39 Å². The number of benzene rings is 1. The molecule has 0 bridgehead atoms. The minimum atomic E-state index is -0.472. The van der Waals surface area contributed by atoms with Gasteiger partial charge in [-0.3, -0.25) is 9.48 Å². The first kappa shape index (κ1) is 16.4. The lowest BCUT2D eigenvalue weighted by atomic mass is 10.1. The summed E-state index contributed by atoms with van der Waals surface area (Å²) < 4.78 is 26.1. The van der Waals surface area contributed by atoms with Crippen LogP contribution in [-0.4, -0.2) is 35.4 Å². The first-order valence-corrected chi connectivity index (χ1v) is 7.79. The predicted molar refractivity (Wildman–Crippen MR) is 85.1 cm³/mol. The molecule has 2 atom stereocenters.